The Morgan fingerprint density at radius 3 is 2.79 bits per heavy atom. The van der Waals surface area contributed by atoms with Crippen LogP contribution >= 0.6 is 23.1 Å². The second kappa shape index (κ2) is 9.19. The first kappa shape index (κ1) is 21.0. The highest BCUT2D eigenvalue weighted by atomic mass is 32.2. The molecule has 2 aromatic rings. The third-order valence-electron chi connectivity index (χ3n) is 3.90. The predicted molar refractivity (Wildman–Crippen MR) is 113 cm³/mol. The molecule has 0 radical (unpaired) electrons. The highest BCUT2D eigenvalue weighted by Crippen LogP contribution is 2.36. The van der Waals surface area contributed by atoms with E-state index in [4.69, 9.17) is 9.84 Å². The van der Waals surface area contributed by atoms with E-state index in [0.717, 1.165) is 11.4 Å². The number of hydrogen-bond acceptors (Lipinski definition) is 8. The monoisotopic (exact) mass is 432 g/mol. The molecule has 1 unspecified atom stereocenters. The molecule has 29 heavy (non-hydrogen) atoms. The summed E-state index contributed by atoms with van der Waals surface area (Å²) in [4.78, 5) is 30.6. The van der Waals surface area contributed by atoms with Crippen molar-refractivity contribution in [2.75, 3.05) is 6.54 Å². The van der Waals surface area contributed by atoms with Gasteiger partial charge < -0.3 is 9.84 Å². The molecule has 1 fully saturated rings. The lowest BCUT2D eigenvalue weighted by Crippen LogP contribution is -2.29. The summed E-state index contributed by atoms with van der Waals surface area (Å²) in [7, 11) is 0. The zero-order valence-corrected chi connectivity index (χ0v) is 17.8. The minimum atomic E-state index is -1.06. The molecule has 1 aromatic heterocycles. The fourth-order valence-corrected chi connectivity index (χ4v) is 4.13. The summed E-state index contributed by atoms with van der Waals surface area (Å²) in [6, 6.07) is 7.01. The van der Waals surface area contributed by atoms with Crippen molar-refractivity contribution >= 4 is 51.4 Å². The quantitative estimate of drug-likeness (QED) is 0.665. The van der Waals surface area contributed by atoms with E-state index in [1.165, 1.54) is 30.0 Å². The number of hydrogen-bond donors (Lipinski definition) is 1. The third-order valence-corrected chi connectivity index (χ3v) is 5.64. The van der Waals surface area contributed by atoms with Crippen LogP contribution in [0.4, 0.5) is 5.13 Å². The zero-order chi connectivity index (χ0) is 21.0. The highest BCUT2D eigenvalue weighted by molar-refractivity contribution is 8.18. The number of ether oxygens (including phenoxy) is 1. The van der Waals surface area contributed by atoms with E-state index in [0.29, 0.717) is 33.1 Å². The zero-order valence-electron chi connectivity index (χ0n) is 16.2. The Hall–Kier alpha value is -2.72. The van der Waals surface area contributed by atoms with Crippen LogP contribution in [0.2, 0.25) is 0 Å². The van der Waals surface area contributed by atoms with Crippen molar-refractivity contribution in [1.82, 2.24) is 15.1 Å². The van der Waals surface area contributed by atoms with E-state index in [2.05, 4.69) is 15.2 Å². The van der Waals surface area contributed by atoms with E-state index in [9.17, 15) is 9.59 Å². The lowest BCUT2D eigenvalue weighted by Gasteiger charge is -2.13. The normalized spacial score (nSPS) is 17.9. The van der Waals surface area contributed by atoms with Crippen LogP contribution in [0.25, 0.3) is 6.08 Å². The van der Waals surface area contributed by atoms with E-state index < -0.39 is 12.1 Å². The van der Waals surface area contributed by atoms with Crippen molar-refractivity contribution in [1.29, 1.82) is 0 Å². The van der Waals surface area contributed by atoms with Crippen LogP contribution in [0.3, 0.4) is 0 Å². The summed E-state index contributed by atoms with van der Waals surface area (Å²) in [6.07, 6.45) is 1.48. The second-order valence-electron chi connectivity index (χ2n) is 6.20. The molecular formula is C19H20N4O4S2. The van der Waals surface area contributed by atoms with E-state index in [1.54, 1.807) is 35.2 Å². The number of carbonyl (C=O) groups excluding carboxylic acids is 1. The first-order chi connectivity index (χ1) is 13.9. The highest BCUT2D eigenvalue weighted by Gasteiger charge is 2.33. The minimum absolute atomic E-state index is 0.155. The maximum Gasteiger partial charge on any atom is 0.344 e. The molecule has 152 valence electrons. The number of thioether (sulfide) groups is 1. The number of carbonyl (C=O) groups is 2. The van der Waals surface area contributed by atoms with Crippen molar-refractivity contribution in [3.05, 3.63) is 39.7 Å². The van der Waals surface area contributed by atoms with Crippen LogP contribution in [0.1, 0.15) is 30.8 Å². The van der Waals surface area contributed by atoms with Gasteiger partial charge in [0.15, 0.2) is 11.3 Å². The number of para-hydroxylation sites is 1. The molecule has 2 heterocycles. The van der Waals surface area contributed by atoms with Gasteiger partial charge in [0.1, 0.15) is 10.8 Å². The molecule has 1 aliphatic rings. The number of aliphatic imine (C=N–C) groups is 1. The molecule has 10 heteroatoms. The standard InChI is InChI=1S/C19H20N4O4S2/c1-4-9-23-16(24)15(29-19(23)20-18-22-21-12(3)28-18)10-13-7-5-6-8-14(13)27-11(2)17(25)26/h5-8,10-11H,4,9H2,1-3H3,(H,25,26)/b15-10+,20-19+. The van der Waals surface area contributed by atoms with E-state index in [-0.39, 0.29) is 5.91 Å². The molecule has 1 amide bonds. The summed E-state index contributed by atoms with van der Waals surface area (Å²) in [6.45, 7) is 5.83. The largest absolute Gasteiger partial charge is 0.479 e. The van der Waals surface area contributed by atoms with Crippen molar-refractivity contribution in [3.8, 4) is 5.75 Å². The van der Waals surface area contributed by atoms with Gasteiger partial charge in [-0.25, -0.2) is 4.79 Å². The van der Waals surface area contributed by atoms with Crippen molar-refractivity contribution in [3.63, 3.8) is 0 Å². The van der Waals surface area contributed by atoms with Gasteiger partial charge in [0.25, 0.3) is 5.91 Å². The molecule has 3 rings (SSSR count). The number of amidine groups is 1. The molecule has 1 aromatic carbocycles. The van der Waals surface area contributed by atoms with Crippen molar-refractivity contribution < 1.29 is 19.4 Å². The topological polar surface area (TPSA) is 105 Å². The Labute approximate surface area is 176 Å². The minimum Gasteiger partial charge on any atom is -0.479 e. The van der Waals surface area contributed by atoms with Crippen molar-refractivity contribution in [2.45, 2.75) is 33.3 Å². The van der Waals surface area contributed by atoms with E-state index in [1.807, 2.05) is 13.8 Å². The predicted octanol–water partition coefficient (Wildman–Crippen LogP) is 3.71. The van der Waals surface area contributed by atoms with Gasteiger partial charge in [0.05, 0.1) is 4.91 Å². The van der Waals surface area contributed by atoms with Crippen LogP contribution in [-0.4, -0.2) is 49.9 Å². The number of amides is 1. The van der Waals surface area contributed by atoms with Crippen LogP contribution in [-0.2, 0) is 9.59 Å². The Kier molecular flexibility index (Phi) is 6.65. The van der Waals surface area contributed by atoms with Gasteiger partial charge in [0, 0.05) is 12.1 Å². The summed E-state index contributed by atoms with van der Waals surface area (Å²) in [5.41, 5.74) is 0.626. The lowest BCUT2D eigenvalue weighted by molar-refractivity contribution is -0.144. The van der Waals surface area contributed by atoms with Gasteiger partial charge in [-0.2, -0.15) is 4.99 Å². The van der Waals surface area contributed by atoms with E-state index >= 15 is 0 Å². The van der Waals surface area contributed by atoms with Gasteiger partial charge in [0.2, 0.25) is 5.13 Å². The Bertz CT molecular complexity index is 986. The number of aromatic nitrogens is 2. The maximum absolute atomic E-state index is 12.9. The Balaban J connectivity index is 1.93. The lowest BCUT2D eigenvalue weighted by atomic mass is 10.1. The summed E-state index contributed by atoms with van der Waals surface area (Å²) < 4.78 is 5.53. The first-order valence-corrected chi connectivity index (χ1v) is 10.6. The number of nitrogens with zero attached hydrogens (tertiary/aromatic N) is 4. The number of benzene rings is 1. The smallest absolute Gasteiger partial charge is 0.344 e. The number of carboxylic acid groups (broad SMARTS) is 1. The van der Waals surface area contributed by atoms with Crippen LogP contribution in [0.15, 0.2) is 34.2 Å². The molecule has 1 N–H and O–H groups in total. The average Bonchev–Trinajstić information content (AvgIpc) is 3.21. The molecule has 0 bridgehead atoms. The van der Waals surface area contributed by atoms with Gasteiger partial charge in [-0.05, 0) is 44.2 Å². The van der Waals surface area contributed by atoms with Gasteiger partial charge in [-0.15, -0.1) is 10.2 Å². The second-order valence-corrected chi connectivity index (χ2v) is 8.37. The number of carboxylic acids is 1. The molecule has 1 aliphatic heterocycles. The SMILES string of the molecule is CCCN1C(=O)/C(=C\c2ccccc2OC(C)C(=O)O)S/C1=N/c1nnc(C)s1. The Morgan fingerprint density at radius 1 is 1.38 bits per heavy atom. The van der Waals surface area contributed by atoms with Crippen molar-refractivity contribution in [2.24, 2.45) is 4.99 Å². The number of rotatable bonds is 7. The fourth-order valence-electron chi connectivity index (χ4n) is 2.51. The molecule has 8 nitrogen and oxygen atoms in total. The molecule has 0 spiro atoms. The van der Waals surface area contributed by atoms with Gasteiger partial charge in [-0.1, -0.05) is 36.5 Å². The summed E-state index contributed by atoms with van der Waals surface area (Å²) >= 11 is 2.61. The average molecular weight is 433 g/mol. The molecular weight excluding hydrogens is 412 g/mol. The van der Waals surface area contributed by atoms with Crippen LogP contribution in [0.5, 0.6) is 5.75 Å². The Morgan fingerprint density at radius 2 is 2.14 bits per heavy atom. The fraction of sp³-hybridized carbons (Fsp3) is 0.316. The summed E-state index contributed by atoms with van der Waals surface area (Å²) in [5, 5.41) is 18.9. The maximum atomic E-state index is 12.9. The molecule has 1 saturated heterocycles. The molecule has 1 atom stereocenters. The number of aliphatic carboxylic acids is 1. The third kappa shape index (κ3) is 5.01. The summed E-state index contributed by atoms with van der Waals surface area (Å²) in [5.74, 6) is -0.817. The number of aryl methyl sites for hydroxylation is 1. The van der Waals surface area contributed by atoms with Gasteiger partial charge >= 0.3 is 5.97 Å². The molecule has 0 aliphatic carbocycles. The van der Waals surface area contributed by atoms with Gasteiger partial charge in [-0.3, -0.25) is 9.69 Å². The first-order valence-electron chi connectivity index (χ1n) is 8.97. The van der Waals surface area contributed by atoms with Crippen LogP contribution < -0.4 is 4.74 Å². The van der Waals surface area contributed by atoms with Crippen LogP contribution in [0, 0.1) is 6.92 Å². The molecule has 0 saturated carbocycles.